The van der Waals surface area contributed by atoms with Crippen LogP contribution in [0.4, 0.5) is 5.69 Å². The van der Waals surface area contributed by atoms with E-state index in [4.69, 9.17) is 16.3 Å². The highest BCUT2D eigenvalue weighted by atomic mass is 35.5. The quantitative estimate of drug-likeness (QED) is 0.655. The average Bonchev–Trinajstić information content (AvgIpc) is 3.03. The molecule has 1 heterocycles. The van der Waals surface area contributed by atoms with Crippen molar-refractivity contribution >= 4 is 29.2 Å². The molecule has 1 amide bonds. The number of amides is 1. The smallest absolute Gasteiger partial charge is 0.338 e. The predicted molar refractivity (Wildman–Crippen MR) is 106 cm³/mol. The first-order valence-corrected chi connectivity index (χ1v) is 9.03. The van der Waals surface area contributed by atoms with Gasteiger partial charge in [-0.1, -0.05) is 17.7 Å². The summed E-state index contributed by atoms with van der Waals surface area (Å²) in [7, 11) is 0. The van der Waals surface area contributed by atoms with E-state index in [1.54, 1.807) is 67.9 Å². The van der Waals surface area contributed by atoms with Crippen LogP contribution in [0.1, 0.15) is 40.6 Å². The number of aromatic nitrogens is 3. The number of hydrogen-bond acceptors (Lipinski definition) is 5. The molecule has 3 rings (SSSR count). The van der Waals surface area contributed by atoms with E-state index in [9.17, 15) is 9.59 Å². The van der Waals surface area contributed by atoms with Crippen molar-refractivity contribution in [2.75, 3.05) is 5.32 Å². The van der Waals surface area contributed by atoms with Gasteiger partial charge in [-0.05, 0) is 63.2 Å². The van der Waals surface area contributed by atoms with Gasteiger partial charge in [0.1, 0.15) is 5.82 Å². The first-order chi connectivity index (χ1) is 13.3. The molecule has 0 atom stereocenters. The lowest BCUT2D eigenvalue weighted by molar-refractivity contribution is 0.0378. The number of rotatable bonds is 5. The standard InChI is InChI=1S/C20H19ClN4O3/c1-12(2)28-20(27)14-7-9-16(10-8-14)23-19(26)18-22-13(3)25(24-18)17-6-4-5-15(21)11-17/h4-12H,1-3H3,(H,23,26). The van der Waals surface area contributed by atoms with E-state index in [0.29, 0.717) is 27.8 Å². The Bertz CT molecular complexity index is 1010. The number of halogens is 1. The van der Waals surface area contributed by atoms with E-state index in [2.05, 4.69) is 15.4 Å². The molecule has 0 saturated heterocycles. The molecule has 0 fully saturated rings. The maximum atomic E-state index is 12.5. The molecule has 0 bridgehead atoms. The minimum absolute atomic E-state index is 0.0285. The third-order valence-electron chi connectivity index (χ3n) is 3.75. The fraction of sp³-hybridized carbons (Fsp3) is 0.200. The topological polar surface area (TPSA) is 86.1 Å². The molecule has 0 aliphatic heterocycles. The number of aryl methyl sites for hydroxylation is 1. The van der Waals surface area contributed by atoms with Crippen LogP contribution in [0.15, 0.2) is 48.5 Å². The highest BCUT2D eigenvalue weighted by molar-refractivity contribution is 6.30. The number of carbonyl (C=O) groups is 2. The maximum Gasteiger partial charge on any atom is 0.338 e. The van der Waals surface area contributed by atoms with E-state index < -0.39 is 11.9 Å². The van der Waals surface area contributed by atoms with Gasteiger partial charge in [0.05, 0.1) is 17.4 Å². The Morgan fingerprint density at radius 1 is 1.14 bits per heavy atom. The molecule has 1 aromatic heterocycles. The Hall–Kier alpha value is -3.19. The summed E-state index contributed by atoms with van der Waals surface area (Å²) in [5, 5.41) is 7.53. The fourth-order valence-electron chi connectivity index (χ4n) is 2.50. The number of carbonyl (C=O) groups excluding carboxylic acids is 2. The normalized spacial score (nSPS) is 10.8. The molecule has 0 saturated carbocycles. The number of nitrogens with zero attached hydrogens (tertiary/aromatic N) is 3. The summed E-state index contributed by atoms with van der Waals surface area (Å²) >= 11 is 6.01. The van der Waals surface area contributed by atoms with Crippen molar-refractivity contribution in [2.45, 2.75) is 26.9 Å². The van der Waals surface area contributed by atoms with Gasteiger partial charge in [-0.15, -0.1) is 5.10 Å². The molecule has 0 unspecified atom stereocenters. The van der Waals surface area contributed by atoms with Gasteiger partial charge in [-0.25, -0.2) is 14.5 Å². The highest BCUT2D eigenvalue weighted by Gasteiger charge is 2.16. The lowest BCUT2D eigenvalue weighted by atomic mass is 10.2. The summed E-state index contributed by atoms with van der Waals surface area (Å²) in [5.41, 5.74) is 1.64. The van der Waals surface area contributed by atoms with Gasteiger partial charge in [0.2, 0.25) is 5.82 Å². The van der Waals surface area contributed by atoms with Gasteiger partial charge in [0.15, 0.2) is 0 Å². The van der Waals surface area contributed by atoms with Gasteiger partial charge < -0.3 is 10.1 Å². The van der Waals surface area contributed by atoms with Crippen LogP contribution in [0.2, 0.25) is 5.02 Å². The summed E-state index contributed by atoms with van der Waals surface area (Å²) in [5.74, 6) is -0.285. The maximum absolute atomic E-state index is 12.5. The monoisotopic (exact) mass is 398 g/mol. The fourth-order valence-corrected chi connectivity index (χ4v) is 2.68. The summed E-state index contributed by atoms with van der Waals surface area (Å²) in [6.07, 6.45) is -0.198. The number of ether oxygens (including phenoxy) is 1. The lowest BCUT2D eigenvalue weighted by Gasteiger charge is -2.08. The number of hydrogen-bond donors (Lipinski definition) is 1. The highest BCUT2D eigenvalue weighted by Crippen LogP contribution is 2.16. The van der Waals surface area contributed by atoms with Gasteiger partial charge >= 0.3 is 5.97 Å². The average molecular weight is 399 g/mol. The van der Waals surface area contributed by atoms with Crippen molar-refractivity contribution in [3.05, 3.63) is 70.8 Å². The molecule has 3 aromatic rings. The lowest BCUT2D eigenvalue weighted by Crippen LogP contribution is -2.15. The molecule has 0 radical (unpaired) electrons. The summed E-state index contributed by atoms with van der Waals surface area (Å²) in [6.45, 7) is 5.31. The second-order valence-corrected chi connectivity index (χ2v) is 6.80. The second kappa shape index (κ2) is 8.22. The first kappa shape index (κ1) is 19.6. The van der Waals surface area contributed by atoms with Crippen molar-refractivity contribution in [3.63, 3.8) is 0 Å². The van der Waals surface area contributed by atoms with E-state index in [1.807, 2.05) is 6.07 Å². The first-order valence-electron chi connectivity index (χ1n) is 8.65. The van der Waals surface area contributed by atoms with Gasteiger partial charge in [0, 0.05) is 10.7 Å². The minimum Gasteiger partial charge on any atom is -0.459 e. The Kier molecular flexibility index (Phi) is 5.75. The van der Waals surface area contributed by atoms with Crippen LogP contribution < -0.4 is 5.32 Å². The number of nitrogens with one attached hydrogen (secondary N) is 1. The van der Waals surface area contributed by atoms with Gasteiger partial charge in [0.25, 0.3) is 5.91 Å². The molecule has 144 valence electrons. The zero-order valence-electron chi connectivity index (χ0n) is 15.6. The Balaban J connectivity index is 1.73. The van der Waals surface area contributed by atoms with Crippen LogP contribution in [0.25, 0.3) is 5.69 Å². The van der Waals surface area contributed by atoms with E-state index >= 15 is 0 Å². The third kappa shape index (κ3) is 4.55. The molecule has 0 aliphatic carbocycles. The van der Waals surface area contributed by atoms with E-state index in [1.165, 1.54) is 0 Å². The summed E-state index contributed by atoms with van der Waals surface area (Å²) in [6, 6.07) is 13.5. The molecule has 7 nitrogen and oxygen atoms in total. The van der Waals surface area contributed by atoms with Crippen molar-refractivity contribution in [3.8, 4) is 5.69 Å². The Labute approximate surface area is 167 Å². The SMILES string of the molecule is Cc1nc(C(=O)Nc2ccc(C(=O)OC(C)C)cc2)nn1-c1cccc(Cl)c1. The second-order valence-electron chi connectivity index (χ2n) is 6.36. The van der Waals surface area contributed by atoms with E-state index in [-0.39, 0.29) is 11.9 Å². The van der Waals surface area contributed by atoms with Crippen molar-refractivity contribution < 1.29 is 14.3 Å². The molecule has 2 aromatic carbocycles. The van der Waals surface area contributed by atoms with E-state index in [0.717, 1.165) is 0 Å². The number of esters is 1. The molecular formula is C20H19ClN4O3. The summed E-state index contributed by atoms with van der Waals surface area (Å²) in [4.78, 5) is 28.6. The molecule has 0 aliphatic rings. The van der Waals surface area contributed by atoms with Crippen LogP contribution in [0.3, 0.4) is 0 Å². The van der Waals surface area contributed by atoms with Crippen LogP contribution in [0.5, 0.6) is 0 Å². The molecule has 8 heteroatoms. The van der Waals surface area contributed by atoms with Crippen LogP contribution in [0, 0.1) is 6.92 Å². The van der Waals surface area contributed by atoms with Gasteiger partial charge in [-0.2, -0.15) is 0 Å². The van der Waals surface area contributed by atoms with Crippen LogP contribution >= 0.6 is 11.6 Å². The van der Waals surface area contributed by atoms with Crippen LogP contribution in [-0.2, 0) is 4.74 Å². The van der Waals surface area contributed by atoms with Gasteiger partial charge in [-0.3, -0.25) is 4.79 Å². The number of anilines is 1. The van der Waals surface area contributed by atoms with Crippen molar-refractivity contribution in [1.29, 1.82) is 0 Å². The van der Waals surface area contributed by atoms with Crippen LogP contribution in [-0.4, -0.2) is 32.7 Å². The third-order valence-corrected chi connectivity index (χ3v) is 3.98. The van der Waals surface area contributed by atoms with Crippen molar-refractivity contribution in [1.82, 2.24) is 14.8 Å². The zero-order valence-corrected chi connectivity index (χ0v) is 16.4. The molecule has 28 heavy (non-hydrogen) atoms. The predicted octanol–water partition coefficient (Wildman–Crippen LogP) is 4.05. The van der Waals surface area contributed by atoms with Crippen molar-refractivity contribution in [2.24, 2.45) is 0 Å². The Morgan fingerprint density at radius 2 is 1.86 bits per heavy atom. The molecule has 1 N–H and O–H groups in total. The molecular weight excluding hydrogens is 380 g/mol. The number of benzene rings is 2. The molecule has 0 spiro atoms. The summed E-state index contributed by atoms with van der Waals surface area (Å²) < 4.78 is 6.68. The minimum atomic E-state index is -0.457. The Morgan fingerprint density at radius 3 is 2.50 bits per heavy atom. The zero-order chi connectivity index (χ0) is 20.3. The largest absolute Gasteiger partial charge is 0.459 e.